The van der Waals surface area contributed by atoms with E-state index in [1.807, 2.05) is 13.8 Å². The van der Waals surface area contributed by atoms with Crippen LogP contribution in [0.15, 0.2) is 12.3 Å². The van der Waals surface area contributed by atoms with Crippen LogP contribution in [0.2, 0.25) is 0 Å². The third-order valence-electron chi connectivity index (χ3n) is 0.931. The number of amides is 1. The Hall–Kier alpha value is -1.03. The zero-order valence-electron chi connectivity index (χ0n) is 7.45. The summed E-state index contributed by atoms with van der Waals surface area (Å²) in [7, 11) is 0. The molecule has 0 radical (unpaired) electrons. The summed E-state index contributed by atoms with van der Waals surface area (Å²) in [4.78, 5) is 10.2. The fourth-order valence-corrected chi connectivity index (χ4v) is 0.486. The predicted octanol–water partition coefficient (Wildman–Crippen LogP) is 0.632. The van der Waals surface area contributed by atoms with Crippen LogP contribution in [-0.4, -0.2) is 19.3 Å². The van der Waals surface area contributed by atoms with Crippen LogP contribution < -0.4 is 5.73 Å². The molecule has 4 heteroatoms. The minimum absolute atomic E-state index is 0.155. The number of primary amides is 1. The average Bonchev–Trinajstić information content (AvgIpc) is 1.95. The second-order valence-electron chi connectivity index (χ2n) is 2.75. The Bertz CT molecular complexity index is 154. The molecule has 2 N–H and O–H groups in total. The number of rotatable bonds is 6. The van der Waals surface area contributed by atoms with Gasteiger partial charge in [0.25, 0.3) is 0 Å². The zero-order valence-corrected chi connectivity index (χ0v) is 7.45. The number of ether oxygens (including phenoxy) is 2. The molecule has 70 valence electrons. The Morgan fingerprint density at radius 2 is 2.25 bits per heavy atom. The van der Waals surface area contributed by atoms with Crippen LogP contribution in [0.5, 0.6) is 0 Å². The van der Waals surface area contributed by atoms with Gasteiger partial charge in [0.15, 0.2) is 6.79 Å². The van der Waals surface area contributed by atoms with E-state index in [9.17, 15) is 4.79 Å². The van der Waals surface area contributed by atoms with Gasteiger partial charge >= 0.3 is 0 Å². The highest BCUT2D eigenvalue weighted by molar-refractivity contribution is 5.85. The van der Waals surface area contributed by atoms with E-state index in [0.29, 0.717) is 12.5 Å². The Morgan fingerprint density at radius 1 is 1.58 bits per heavy atom. The molecule has 0 aliphatic heterocycles. The van der Waals surface area contributed by atoms with Gasteiger partial charge in [-0.2, -0.15) is 0 Å². The van der Waals surface area contributed by atoms with Crippen LogP contribution in [0.25, 0.3) is 0 Å². The highest BCUT2D eigenvalue weighted by Gasteiger charge is 1.91. The molecule has 1 amide bonds. The summed E-state index contributed by atoms with van der Waals surface area (Å²) in [5.74, 6) is -0.0485. The molecule has 0 saturated heterocycles. The summed E-state index contributed by atoms with van der Waals surface area (Å²) in [6.45, 7) is 4.88. The van der Waals surface area contributed by atoms with E-state index in [1.165, 1.54) is 6.26 Å². The minimum Gasteiger partial charge on any atom is -0.475 e. The third kappa shape index (κ3) is 8.97. The zero-order chi connectivity index (χ0) is 9.40. The quantitative estimate of drug-likeness (QED) is 0.277. The van der Waals surface area contributed by atoms with E-state index >= 15 is 0 Å². The Labute approximate surface area is 72.3 Å². The second-order valence-corrected chi connectivity index (χ2v) is 2.75. The van der Waals surface area contributed by atoms with Crippen LogP contribution in [0, 0.1) is 5.92 Å². The van der Waals surface area contributed by atoms with E-state index in [2.05, 4.69) is 0 Å². The fraction of sp³-hybridized carbons (Fsp3) is 0.625. The van der Waals surface area contributed by atoms with Crippen molar-refractivity contribution in [2.45, 2.75) is 13.8 Å². The summed E-state index contributed by atoms with van der Waals surface area (Å²) >= 11 is 0. The van der Waals surface area contributed by atoms with Gasteiger partial charge in [-0.25, -0.2) is 0 Å². The lowest BCUT2D eigenvalue weighted by Crippen LogP contribution is -2.07. The molecule has 0 aromatic carbocycles. The smallest absolute Gasteiger partial charge is 0.244 e. The first-order valence-electron chi connectivity index (χ1n) is 3.78. The molecule has 0 aliphatic rings. The van der Waals surface area contributed by atoms with Gasteiger partial charge in [0, 0.05) is 6.08 Å². The monoisotopic (exact) mass is 173 g/mol. The molecule has 0 heterocycles. The lowest BCUT2D eigenvalue weighted by atomic mass is 10.2. The first-order valence-corrected chi connectivity index (χ1v) is 3.78. The van der Waals surface area contributed by atoms with Crippen molar-refractivity contribution in [2.24, 2.45) is 11.7 Å². The highest BCUT2D eigenvalue weighted by Crippen LogP contribution is 1.92. The van der Waals surface area contributed by atoms with Crippen molar-refractivity contribution in [3.63, 3.8) is 0 Å². The Morgan fingerprint density at radius 3 is 2.75 bits per heavy atom. The molecule has 0 aromatic heterocycles. The second kappa shape index (κ2) is 6.67. The number of nitrogens with two attached hydrogens (primary N) is 1. The predicted molar refractivity (Wildman–Crippen MR) is 45.1 cm³/mol. The van der Waals surface area contributed by atoms with E-state index in [0.717, 1.165) is 6.08 Å². The molecule has 0 rings (SSSR count). The van der Waals surface area contributed by atoms with Gasteiger partial charge in [0.1, 0.15) is 0 Å². The van der Waals surface area contributed by atoms with Crippen LogP contribution >= 0.6 is 0 Å². The van der Waals surface area contributed by atoms with Crippen LogP contribution in [0.3, 0.4) is 0 Å². The van der Waals surface area contributed by atoms with E-state index < -0.39 is 5.91 Å². The van der Waals surface area contributed by atoms with Gasteiger partial charge in [-0.1, -0.05) is 13.8 Å². The molecular formula is C8H15NO3. The van der Waals surface area contributed by atoms with Crippen molar-refractivity contribution in [3.8, 4) is 0 Å². The van der Waals surface area contributed by atoms with Crippen LogP contribution in [0.4, 0.5) is 0 Å². The topological polar surface area (TPSA) is 61.6 Å². The molecule has 0 bridgehead atoms. The maximum absolute atomic E-state index is 10.2. The molecule has 0 atom stereocenters. The highest BCUT2D eigenvalue weighted by atomic mass is 16.7. The molecule has 0 aromatic rings. The summed E-state index contributed by atoms with van der Waals surface area (Å²) < 4.78 is 9.84. The van der Waals surface area contributed by atoms with Crippen molar-refractivity contribution in [3.05, 3.63) is 12.3 Å². The van der Waals surface area contributed by atoms with E-state index in [4.69, 9.17) is 15.2 Å². The molecular weight excluding hydrogens is 158 g/mol. The van der Waals surface area contributed by atoms with Gasteiger partial charge in [-0.3, -0.25) is 4.79 Å². The largest absolute Gasteiger partial charge is 0.475 e. The summed E-state index contributed by atoms with van der Waals surface area (Å²) in [5.41, 5.74) is 4.81. The van der Waals surface area contributed by atoms with Gasteiger partial charge in [0.2, 0.25) is 5.91 Å². The van der Waals surface area contributed by atoms with Crippen LogP contribution in [0.1, 0.15) is 13.8 Å². The molecule has 0 aliphatic carbocycles. The normalized spacial score (nSPS) is 10.9. The van der Waals surface area contributed by atoms with Crippen molar-refractivity contribution in [1.82, 2.24) is 0 Å². The maximum Gasteiger partial charge on any atom is 0.244 e. The number of hydrogen-bond donors (Lipinski definition) is 1. The maximum atomic E-state index is 10.2. The molecule has 0 saturated carbocycles. The number of carbonyl (C=O) groups excluding carboxylic acids is 1. The van der Waals surface area contributed by atoms with Crippen molar-refractivity contribution < 1.29 is 14.3 Å². The molecule has 0 spiro atoms. The number of carbonyl (C=O) groups is 1. The molecule has 12 heavy (non-hydrogen) atoms. The van der Waals surface area contributed by atoms with Gasteiger partial charge < -0.3 is 15.2 Å². The van der Waals surface area contributed by atoms with Crippen molar-refractivity contribution in [2.75, 3.05) is 13.4 Å². The number of hydrogen-bond acceptors (Lipinski definition) is 3. The molecule has 0 unspecified atom stereocenters. The van der Waals surface area contributed by atoms with Crippen LogP contribution in [-0.2, 0) is 14.3 Å². The lowest BCUT2D eigenvalue weighted by molar-refractivity contribution is -0.113. The summed E-state index contributed by atoms with van der Waals surface area (Å²) in [6, 6.07) is 0. The van der Waals surface area contributed by atoms with Crippen molar-refractivity contribution in [1.29, 1.82) is 0 Å². The van der Waals surface area contributed by atoms with E-state index in [1.54, 1.807) is 0 Å². The average molecular weight is 173 g/mol. The SMILES string of the molecule is CC(C)COCOC=CC(N)=O. The van der Waals surface area contributed by atoms with Gasteiger partial charge in [0.05, 0.1) is 12.9 Å². The van der Waals surface area contributed by atoms with Gasteiger partial charge in [-0.05, 0) is 5.92 Å². The summed E-state index contributed by atoms with van der Waals surface area (Å²) in [6.07, 6.45) is 2.36. The Kier molecular flexibility index (Phi) is 6.09. The third-order valence-corrected chi connectivity index (χ3v) is 0.931. The van der Waals surface area contributed by atoms with Crippen molar-refractivity contribution >= 4 is 5.91 Å². The standard InChI is InChI=1S/C8H15NO3/c1-7(2)5-12-6-11-4-3-8(9)10/h3-4,7H,5-6H2,1-2H3,(H2,9,10). The minimum atomic E-state index is -0.529. The first kappa shape index (κ1) is 11.0. The summed E-state index contributed by atoms with van der Waals surface area (Å²) in [5, 5.41) is 0. The Balaban J connectivity index is 3.16. The fourth-order valence-electron chi connectivity index (χ4n) is 0.486. The van der Waals surface area contributed by atoms with Gasteiger partial charge in [-0.15, -0.1) is 0 Å². The first-order chi connectivity index (χ1) is 5.63. The molecule has 0 fully saturated rings. The molecule has 4 nitrogen and oxygen atoms in total. The lowest BCUT2D eigenvalue weighted by Gasteiger charge is -2.05. The van der Waals surface area contributed by atoms with E-state index in [-0.39, 0.29) is 6.79 Å².